The van der Waals surface area contributed by atoms with Crippen LogP contribution in [-0.2, 0) is 0 Å². The van der Waals surface area contributed by atoms with E-state index in [1.807, 2.05) is 48.5 Å². The molecule has 0 unspecified atom stereocenters. The third-order valence-corrected chi connectivity index (χ3v) is 3.86. The maximum absolute atomic E-state index is 3.47. The smallest absolute Gasteiger partial charge is 0.0396 e. The van der Waals surface area contributed by atoms with Crippen LogP contribution in [0, 0.1) is 0 Å². The van der Waals surface area contributed by atoms with E-state index in [4.69, 9.17) is 0 Å². The van der Waals surface area contributed by atoms with Gasteiger partial charge >= 0.3 is 0 Å². The fraction of sp³-hybridized carbons (Fsp3) is 0. The highest BCUT2D eigenvalue weighted by Crippen LogP contribution is 2.27. The zero-order chi connectivity index (χ0) is 10.7. The van der Waals surface area contributed by atoms with E-state index in [9.17, 15) is 0 Å². The van der Waals surface area contributed by atoms with E-state index in [-0.39, 0.29) is 0 Å². The summed E-state index contributed by atoms with van der Waals surface area (Å²) in [5.41, 5.74) is 2.16. The summed E-state index contributed by atoms with van der Waals surface area (Å²) >= 11 is 6.91. The van der Waals surface area contributed by atoms with Crippen LogP contribution in [-0.4, -0.2) is 0 Å². The van der Waals surface area contributed by atoms with Gasteiger partial charge in [0.1, 0.15) is 0 Å². The molecule has 0 saturated carbocycles. The standard InChI is InChI=1S/C12H9Br2N/c13-11-7-6-10(8-12(11)14)15-9-4-2-1-3-5-9/h1-8,15H. The molecule has 0 aliphatic carbocycles. The topological polar surface area (TPSA) is 12.0 Å². The first-order chi connectivity index (χ1) is 7.25. The highest BCUT2D eigenvalue weighted by molar-refractivity contribution is 9.13. The molecular weight excluding hydrogens is 318 g/mol. The summed E-state index contributed by atoms with van der Waals surface area (Å²) < 4.78 is 2.10. The number of rotatable bonds is 2. The maximum Gasteiger partial charge on any atom is 0.0396 e. The van der Waals surface area contributed by atoms with Gasteiger partial charge in [-0.15, -0.1) is 0 Å². The van der Waals surface area contributed by atoms with Gasteiger partial charge in [-0.1, -0.05) is 18.2 Å². The summed E-state index contributed by atoms with van der Waals surface area (Å²) in [6.45, 7) is 0. The summed E-state index contributed by atoms with van der Waals surface area (Å²) in [6.07, 6.45) is 0. The number of benzene rings is 2. The molecule has 76 valence electrons. The maximum atomic E-state index is 3.47. The summed E-state index contributed by atoms with van der Waals surface area (Å²) in [5.74, 6) is 0. The number of para-hydroxylation sites is 1. The van der Waals surface area contributed by atoms with Gasteiger partial charge in [0.25, 0.3) is 0 Å². The van der Waals surface area contributed by atoms with Crippen molar-refractivity contribution >= 4 is 43.2 Å². The predicted octanol–water partition coefficient (Wildman–Crippen LogP) is 4.96. The molecule has 0 radical (unpaired) electrons. The molecule has 1 N–H and O–H groups in total. The van der Waals surface area contributed by atoms with Crippen molar-refractivity contribution in [1.82, 2.24) is 0 Å². The molecule has 15 heavy (non-hydrogen) atoms. The van der Waals surface area contributed by atoms with Crippen molar-refractivity contribution in [3.05, 3.63) is 57.5 Å². The van der Waals surface area contributed by atoms with Gasteiger partial charge in [-0.05, 0) is 62.2 Å². The average molecular weight is 327 g/mol. The average Bonchev–Trinajstić information content (AvgIpc) is 2.25. The molecular formula is C12H9Br2N. The van der Waals surface area contributed by atoms with Crippen molar-refractivity contribution < 1.29 is 0 Å². The zero-order valence-corrected chi connectivity index (χ0v) is 11.0. The molecule has 0 heterocycles. The van der Waals surface area contributed by atoms with E-state index in [1.165, 1.54) is 0 Å². The lowest BCUT2D eigenvalue weighted by atomic mass is 10.3. The Balaban J connectivity index is 2.22. The Hall–Kier alpha value is -0.800. The lowest BCUT2D eigenvalue weighted by Gasteiger charge is -2.07. The fourth-order valence-corrected chi connectivity index (χ4v) is 1.89. The molecule has 0 fully saturated rings. The third kappa shape index (κ3) is 2.83. The molecule has 0 saturated heterocycles. The van der Waals surface area contributed by atoms with Gasteiger partial charge < -0.3 is 5.32 Å². The Morgan fingerprint density at radius 1 is 0.733 bits per heavy atom. The van der Waals surface area contributed by atoms with Crippen molar-refractivity contribution in [3.8, 4) is 0 Å². The highest BCUT2D eigenvalue weighted by atomic mass is 79.9. The van der Waals surface area contributed by atoms with Crippen molar-refractivity contribution in [3.63, 3.8) is 0 Å². The van der Waals surface area contributed by atoms with Crippen LogP contribution in [0.4, 0.5) is 11.4 Å². The lowest BCUT2D eigenvalue weighted by molar-refractivity contribution is 1.51. The summed E-state index contributed by atoms with van der Waals surface area (Å²) in [6, 6.07) is 16.2. The SMILES string of the molecule is Brc1ccc(Nc2ccccc2)cc1Br. The van der Waals surface area contributed by atoms with Crippen LogP contribution in [0.1, 0.15) is 0 Å². The fourth-order valence-electron chi connectivity index (χ4n) is 1.26. The van der Waals surface area contributed by atoms with Crippen LogP contribution in [0.3, 0.4) is 0 Å². The summed E-state index contributed by atoms with van der Waals surface area (Å²) in [7, 11) is 0. The minimum Gasteiger partial charge on any atom is -0.355 e. The quantitative estimate of drug-likeness (QED) is 0.822. The van der Waals surface area contributed by atoms with E-state index in [1.54, 1.807) is 0 Å². The summed E-state index contributed by atoms with van der Waals surface area (Å²) in [5, 5.41) is 3.32. The number of halogens is 2. The van der Waals surface area contributed by atoms with Crippen LogP contribution in [0.15, 0.2) is 57.5 Å². The Morgan fingerprint density at radius 3 is 2.13 bits per heavy atom. The minimum atomic E-state index is 1.04. The van der Waals surface area contributed by atoms with Gasteiger partial charge in [0, 0.05) is 20.3 Å². The van der Waals surface area contributed by atoms with Crippen molar-refractivity contribution in [2.45, 2.75) is 0 Å². The molecule has 0 aliphatic rings. The first kappa shape index (κ1) is 10.7. The first-order valence-corrected chi connectivity index (χ1v) is 6.11. The van der Waals surface area contributed by atoms with Gasteiger partial charge in [-0.3, -0.25) is 0 Å². The predicted molar refractivity (Wildman–Crippen MR) is 71.6 cm³/mol. The summed E-state index contributed by atoms with van der Waals surface area (Å²) in [4.78, 5) is 0. The van der Waals surface area contributed by atoms with Gasteiger partial charge in [0.2, 0.25) is 0 Å². The minimum absolute atomic E-state index is 1.04. The van der Waals surface area contributed by atoms with Crippen LogP contribution in [0.5, 0.6) is 0 Å². The number of hydrogen-bond donors (Lipinski definition) is 1. The number of hydrogen-bond acceptors (Lipinski definition) is 1. The zero-order valence-electron chi connectivity index (χ0n) is 7.87. The van der Waals surface area contributed by atoms with E-state index in [2.05, 4.69) is 37.2 Å². The van der Waals surface area contributed by atoms with Gasteiger partial charge in [0.15, 0.2) is 0 Å². The van der Waals surface area contributed by atoms with E-state index < -0.39 is 0 Å². The molecule has 2 aromatic rings. The molecule has 2 aromatic carbocycles. The van der Waals surface area contributed by atoms with Crippen LogP contribution >= 0.6 is 31.9 Å². The first-order valence-electron chi connectivity index (χ1n) is 4.53. The monoisotopic (exact) mass is 325 g/mol. The van der Waals surface area contributed by atoms with Crippen molar-refractivity contribution in [1.29, 1.82) is 0 Å². The molecule has 0 aliphatic heterocycles. The van der Waals surface area contributed by atoms with E-state index >= 15 is 0 Å². The van der Waals surface area contributed by atoms with Gasteiger partial charge in [0.05, 0.1) is 0 Å². The highest BCUT2D eigenvalue weighted by Gasteiger charge is 1.98. The molecule has 1 nitrogen and oxygen atoms in total. The van der Waals surface area contributed by atoms with Gasteiger partial charge in [-0.2, -0.15) is 0 Å². The Morgan fingerprint density at radius 2 is 1.47 bits per heavy atom. The Labute approximate surface area is 106 Å². The second-order valence-electron chi connectivity index (χ2n) is 3.12. The third-order valence-electron chi connectivity index (χ3n) is 1.98. The largest absolute Gasteiger partial charge is 0.355 e. The molecule has 0 amide bonds. The van der Waals surface area contributed by atoms with Crippen molar-refractivity contribution in [2.75, 3.05) is 5.32 Å². The van der Waals surface area contributed by atoms with Gasteiger partial charge in [-0.25, -0.2) is 0 Å². The van der Waals surface area contributed by atoms with Crippen LogP contribution in [0.2, 0.25) is 0 Å². The second kappa shape index (κ2) is 4.81. The van der Waals surface area contributed by atoms with Crippen LogP contribution in [0.25, 0.3) is 0 Å². The Bertz CT molecular complexity index is 454. The number of nitrogens with one attached hydrogen (secondary N) is 1. The number of anilines is 2. The van der Waals surface area contributed by atoms with Crippen LogP contribution < -0.4 is 5.32 Å². The molecule has 3 heteroatoms. The second-order valence-corrected chi connectivity index (χ2v) is 4.83. The molecule has 0 bridgehead atoms. The van der Waals surface area contributed by atoms with E-state index in [0.29, 0.717) is 0 Å². The van der Waals surface area contributed by atoms with Crippen molar-refractivity contribution in [2.24, 2.45) is 0 Å². The lowest BCUT2D eigenvalue weighted by Crippen LogP contribution is -1.89. The molecule has 2 rings (SSSR count). The molecule has 0 aromatic heterocycles. The molecule has 0 atom stereocenters. The normalized spacial score (nSPS) is 10.0. The van der Waals surface area contributed by atoms with E-state index in [0.717, 1.165) is 20.3 Å². The molecule has 0 spiro atoms. The Kier molecular flexibility index (Phi) is 3.44.